The molecule has 1 aliphatic rings. The second-order valence-corrected chi connectivity index (χ2v) is 5.07. The molecule has 8 nitrogen and oxygen atoms in total. The van der Waals surface area contributed by atoms with Crippen LogP contribution in [0.2, 0.25) is 0 Å². The largest absolute Gasteiger partial charge is 0.371 e. The van der Waals surface area contributed by atoms with Crippen molar-refractivity contribution in [1.29, 1.82) is 0 Å². The number of carbonyl (C=O) groups is 1. The molecule has 1 heterocycles. The Balaban J connectivity index is 1.70. The molecule has 1 aliphatic heterocycles. The Kier molecular flexibility index (Phi) is 6.11. The van der Waals surface area contributed by atoms with E-state index in [4.69, 9.17) is 0 Å². The van der Waals surface area contributed by atoms with Crippen LogP contribution in [-0.4, -0.2) is 61.5 Å². The number of para-hydroxylation sites is 2. The molecule has 1 aromatic rings. The monoisotopic (exact) mass is 307 g/mol. The molecule has 0 radical (unpaired) electrons. The van der Waals surface area contributed by atoms with Gasteiger partial charge in [-0.15, -0.1) is 0 Å². The van der Waals surface area contributed by atoms with Crippen molar-refractivity contribution in [3.05, 3.63) is 34.4 Å². The molecule has 0 atom stereocenters. The number of nitrogens with zero attached hydrogens (tertiary/aromatic N) is 2. The second-order valence-electron chi connectivity index (χ2n) is 5.07. The Bertz CT molecular complexity index is 517. The summed E-state index contributed by atoms with van der Waals surface area (Å²) in [6.07, 6.45) is 0. The first kappa shape index (κ1) is 16.2. The third kappa shape index (κ3) is 4.97. The Morgan fingerprint density at radius 2 is 2.05 bits per heavy atom. The molecule has 1 saturated heterocycles. The van der Waals surface area contributed by atoms with Gasteiger partial charge in [0, 0.05) is 45.3 Å². The number of carbonyl (C=O) groups excluding carboxylic acids is 1. The topological polar surface area (TPSA) is 99.5 Å². The summed E-state index contributed by atoms with van der Waals surface area (Å²) in [5.74, 6) is -0.173. The van der Waals surface area contributed by atoms with E-state index in [0.717, 1.165) is 32.7 Å². The van der Waals surface area contributed by atoms with Crippen LogP contribution in [0, 0.1) is 10.1 Å². The molecule has 1 aromatic carbocycles. The first-order valence-electron chi connectivity index (χ1n) is 7.34. The third-order valence-electron chi connectivity index (χ3n) is 3.50. The van der Waals surface area contributed by atoms with E-state index in [1.165, 1.54) is 6.07 Å². The molecular formula is C14H21N5O3. The molecule has 1 fully saturated rings. The van der Waals surface area contributed by atoms with Gasteiger partial charge in [-0.2, -0.15) is 0 Å². The molecule has 22 heavy (non-hydrogen) atoms. The zero-order valence-electron chi connectivity index (χ0n) is 12.4. The lowest BCUT2D eigenvalue weighted by molar-refractivity contribution is -0.383. The first-order valence-corrected chi connectivity index (χ1v) is 7.34. The van der Waals surface area contributed by atoms with Gasteiger partial charge in [-0.3, -0.25) is 19.8 Å². The number of anilines is 1. The molecule has 0 spiro atoms. The molecule has 8 heteroatoms. The molecule has 0 unspecified atom stereocenters. The van der Waals surface area contributed by atoms with Gasteiger partial charge in [0.15, 0.2) is 0 Å². The van der Waals surface area contributed by atoms with Crippen molar-refractivity contribution >= 4 is 17.3 Å². The minimum absolute atomic E-state index is 0.0202. The van der Waals surface area contributed by atoms with Crippen LogP contribution in [0.1, 0.15) is 0 Å². The quantitative estimate of drug-likeness (QED) is 0.485. The highest BCUT2D eigenvalue weighted by molar-refractivity contribution is 5.81. The normalized spacial score (nSPS) is 15.3. The number of hydrogen-bond donors (Lipinski definition) is 3. The molecule has 0 aliphatic carbocycles. The number of piperazine rings is 1. The van der Waals surface area contributed by atoms with Crippen molar-refractivity contribution in [2.75, 3.05) is 51.1 Å². The summed E-state index contributed by atoms with van der Waals surface area (Å²) in [7, 11) is 0. The van der Waals surface area contributed by atoms with E-state index in [9.17, 15) is 14.9 Å². The van der Waals surface area contributed by atoms with E-state index in [1.807, 2.05) is 0 Å². The van der Waals surface area contributed by atoms with E-state index >= 15 is 0 Å². The number of rotatable bonds is 7. The predicted molar refractivity (Wildman–Crippen MR) is 83.9 cm³/mol. The van der Waals surface area contributed by atoms with Crippen molar-refractivity contribution in [3.8, 4) is 0 Å². The maximum atomic E-state index is 11.8. The van der Waals surface area contributed by atoms with Gasteiger partial charge in [0.1, 0.15) is 5.69 Å². The van der Waals surface area contributed by atoms with Crippen molar-refractivity contribution in [1.82, 2.24) is 15.5 Å². The molecule has 0 aromatic heterocycles. The predicted octanol–water partition coefficient (Wildman–Crippen LogP) is 0.0281. The van der Waals surface area contributed by atoms with Crippen LogP contribution < -0.4 is 16.0 Å². The maximum Gasteiger partial charge on any atom is 0.292 e. The Labute approximate surface area is 129 Å². The summed E-state index contributed by atoms with van der Waals surface area (Å²) in [5, 5.41) is 19.8. The Morgan fingerprint density at radius 1 is 1.32 bits per heavy atom. The highest BCUT2D eigenvalue weighted by atomic mass is 16.6. The Hall–Kier alpha value is -2.19. The van der Waals surface area contributed by atoms with Gasteiger partial charge in [-0.25, -0.2) is 0 Å². The number of nitro benzene ring substituents is 1. The fourth-order valence-electron chi connectivity index (χ4n) is 2.31. The van der Waals surface area contributed by atoms with Gasteiger partial charge < -0.3 is 16.0 Å². The van der Waals surface area contributed by atoms with E-state index < -0.39 is 4.92 Å². The number of nitro groups is 1. The van der Waals surface area contributed by atoms with Gasteiger partial charge in [0.25, 0.3) is 5.69 Å². The highest BCUT2D eigenvalue weighted by Gasteiger charge is 2.13. The second kappa shape index (κ2) is 8.30. The first-order chi connectivity index (χ1) is 10.7. The van der Waals surface area contributed by atoms with Gasteiger partial charge in [0.2, 0.25) is 5.91 Å². The van der Waals surface area contributed by atoms with Crippen LogP contribution in [0.25, 0.3) is 0 Å². The summed E-state index contributed by atoms with van der Waals surface area (Å²) in [6.45, 7) is 5.36. The lowest BCUT2D eigenvalue weighted by Gasteiger charge is -2.27. The van der Waals surface area contributed by atoms with Crippen LogP contribution in [0.15, 0.2) is 24.3 Å². The zero-order valence-corrected chi connectivity index (χ0v) is 12.4. The summed E-state index contributed by atoms with van der Waals surface area (Å²) in [5.41, 5.74) is 0.320. The van der Waals surface area contributed by atoms with Crippen molar-refractivity contribution < 1.29 is 9.72 Å². The third-order valence-corrected chi connectivity index (χ3v) is 3.50. The molecule has 3 N–H and O–H groups in total. The molecule has 0 saturated carbocycles. The maximum absolute atomic E-state index is 11.8. The fourth-order valence-corrected chi connectivity index (χ4v) is 2.31. The summed E-state index contributed by atoms with van der Waals surface area (Å²) in [6, 6.07) is 6.28. The molecule has 2 rings (SSSR count). The Morgan fingerprint density at radius 3 is 2.77 bits per heavy atom. The van der Waals surface area contributed by atoms with E-state index in [1.54, 1.807) is 18.2 Å². The van der Waals surface area contributed by atoms with Crippen molar-refractivity contribution in [2.45, 2.75) is 0 Å². The van der Waals surface area contributed by atoms with Crippen LogP contribution in [0.5, 0.6) is 0 Å². The number of nitrogens with one attached hydrogen (secondary N) is 3. The fraction of sp³-hybridized carbons (Fsp3) is 0.500. The number of benzene rings is 1. The van der Waals surface area contributed by atoms with Gasteiger partial charge >= 0.3 is 0 Å². The number of hydrogen-bond acceptors (Lipinski definition) is 6. The average Bonchev–Trinajstić information content (AvgIpc) is 2.54. The molecule has 0 bridgehead atoms. The van der Waals surface area contributed by atoms with Crippen LogP contribution in [0.4, 0.5) is 11.4 Å². The summed E-state index contributed by atoms with van der Waals surface area (Å²) >= 11 is 0. The van der Waals surface area contributed by atoms with Crippen molar-refractivity contribution in [3.63, 3.8) is 0 Å². The van der Waals surface area contributed by atoms with Crippen LogP contribution >= 0.6 is 0 Å². The minimum atomic E-state index is -0.468. The molecule has 120 valence electrons. The van der Waals surface area contributed by atoms with E-state index in [0.29, 0.717) is 12.2 Å². The minimum Gasteiger partial charge on any atom is -0.371 e. The molecule has 1 amide bonds. The molecular weight excluding hydrogens is 286 g/mol. The highest BCUT2D eigenvalue weighted by Crippen LogP contribution is 2.22. The van der Waals surface area contributed by atoms with Gasteiger partial charge in [-0.1, -0.05) is 12.1 Å². The number of amides is 1. The van der Waals surface area contributed by atoms with Gasteiger partial charge in [0.05, 0.1) is 11.5 Å². The van der Waals surface area contributed by atoms with Crippen LogP contribution in [0.3, 0.4) is 0 Å². The van der Waals surface area contributed by atoms with E-state index in [-0.39, 0.29) is 18.1 Å². The standard InChI is InChI=1S/C14H21N5O3/c20-14(16-7-10-18-8-5-15-6-9-18)11-17-12-3-1-2-4-13(12)19(21)22/h1-4,15,17H,5-11H2,(H,16,20). The summed E-state index contributed by atoms with van der Waals surface area (Å²) in [4.78, 5) is 24.4. The van der Waals surface area contributed by atoms with Crippen LogP contribution in [-0.2, 0) is 4.79 Å². The lowest BCUT2D eigenvalue weighted by Crippen LogP contribution is -2.46. The summed E-state index contributed by atoms with van der Waals surface area (Å²) < 4.78 is 0. The zero-order chi connectivity index (χ0) is 15.8. The average molecular weight is 307 g/mol. The van der Waals surface area contributed by atoms with E-state index in [2.05, 4.69) is 20.9 Å². The van der Waals surface area contributed by atoms with Gasteiger partial charge in [-0.05, 0) is 6.07 Å². The lowest BCUT2D eigenvalue weighted by atomic mass is 10.2. The van der Waals surface area contributed by atoms with Crippen molar-refractivity contribution in [2.24, 2.45) is 0 Å². The smallest absolute Gasteiger partial charge is 0.292 e. The SMILES string of the molecule is O=C(CNc1ccccc1[N+](=O)[O-])NCCN1CCNCC1.